The van der Waals surface area contributed by atoms with Gasteiger partial charge in [0.05, 0.1) is 12.5 Å². The molecule has 2 aliphatic rings. The van der Waals surface area contributed by atoms with Gasteiger partial charge in [-0.1, -0.05) is 0 Å². The molecule has 0 saturated heterocycles. The molecule has 2 aromatic heterocycles. The molecule has 3 N–H and O–H groups in total. The standard InChI is InChI=1S/C14H16BN3O4S/c1-23(20,21)18-9-4-8(5-9)11-6-15(19)22-12-7-17-14-10(13(11)12)2-3-16-14/h2-3,6-9,18-19H,4-5H2,1H3,(H,16,17). The second-order valence-electron chi connectivity index (χ2n) is 6.12. The van der Waals surface area contributed by atoms with Crippen molar-refractivity contribution in [3.8, 4) is 5.75 Å². The maximum Gasteiger partial charge on any atom is 0.552 e. The van der Waals surface area contributed by atoms with Crippen LogP contribution in [-0.4, -0.2) is 42.8 Å². The van der Waals surface area contributed by atoms with Gasteiger partial charge in [0.15, 0.2) is 0 Å². The monoisotopic (exact) mass is 333 g/mol. The zero-order valence-corrected chi connectivity index (χ0v) is 13.3. The Hall–Kier alpha value is -1.84. The topological polar surface area (TPSA) is 104 Å². The Bertz CT molecular complexity index is 902. The molecule has 120 valence electrons. The third-order valence-electron chi connectivity index (χ3n) is 4.37. The average Bonchev–Trinajstić information content (AvgIpc) is 2.88. The third kappa shape index (κ3) is 2.64. The summed E-state index contributed by atoms with van der Waals surface area (Å²) in [6, 6.07) is 1.88. The van der Waals surface area contributed by atoms with Crippen LogP contribution in [0.3, 0.4) is 0 Å². The van der Waals surface area contributed by atoms with Gasteiger partial charge in [-0.2, -0.15) is 0 Å². The van der Waals surface area contributed by atoms with Crippen molar-refractivity contribution in [2.75, 3.05) is 6.26 Å². The van der Waals surface area contributed by atoms with Crippen LogP contribution in [-0.2, 0) is 10.0 Å². The van der Waals surface area contributed by atoms with Crippen molar-refractivity contribution in [2.24, 2.45) is 5.92 Å². The van der Waals surface area contributed by atoms with Crippen molar-refractivity contribution >= 4 is 33.7 Å². The molecule has 1 fully saturated rings. The summed E-state index contributed by atoms with van der Waals surface area (Å²) in [5.74, 6) is 2.45. The van der Waals surface area contributed by atoms with Crippen LogP contribution in [0, 0.1) is 5.92 Å². The second-order valence-corrected chi connectivity index (χ2v) is 7.90. The van der Waals surface area contributed by atoms with Gasteiger partial charge in [-0.05, 0) is 36.4 Å². The average molecular weight is 333 g/mol. The molecule has 9 heteroatoms. The van der Waals surface area contributed by atoms with E-state index in [1.54, 1.807) is 12.2 Å². The van der Waals surface area contributed by atoms with E-state index in [4.69, 9.17) is 4.65 Å². The maximum absolute atomic E-state index is 11.3. The highest BCUT2D eigenvalue weighted by molar-refractivity contribution is 7.88. The SMILES string of the molecule is CS(=O)(=O)NC1CC(C2=CB(O)Oc3cnc4[nH]ccc4c32)C1. The second kappa shape index (κ2) is 5.08. The van der Waals surface area contributed by atoms with Gasteiger partial charge in [0, 0.05) is 23.2 Å². The highest BCUT2D eigenvalue weighted by atomic mass is 32.2. The van der Waals surface area contributed by atoms with E-state index in [1.807, 2.05) is 12.3 Å². The molecule has 0 spiro atoms. The van der Waals surface area contributed by atoms with E-state index >= 15 is 0 Å². The van der Waals surface area contributed by atoms with Crippen LogP contribution in [0.2, 0.25) is 0 Å². The zero-order chi connectivity index (χ0) is 16.2. The van der Waals surface area contributed by atoms with E-state index in [9.17, 15) is 13.4 Å². The number of nitrogens with one attached hydrogen (secondary N) is 2. The Morgan fingerprint density at radius 1 is 1.48 bits per heavy atom. The molecule has 0 bridgehead atoms. The molecule has 1 saturated carbocycles. The first kappa shape index (κ1) is 14.7. The van der Waals surface area contributed by atoms with Gasteiger partial charge in [-0.3, -0.25) is 0 Å². The first-order valence-corrected chi connectivity index (χ1v) is 9.30. The Kier molecular flexibility index (Phi) is 3.26. The van der Waals surface area contributed by atoms with Gasteiger partial charge >= 0.3 is 7.12 Å². The van der Waals surface area contributed by atoms with Crippen molar-refractivity contribution in [3.05, 3.63) is 30.0 Å². The van der Waals surface area contributed by atoms with Gasteiger partial charge in [0.1, 0.15) is 11.4 Å². The summed E-state index contributed by atoms with van der Waals surface area (Å²) in [5.41, 5.74) is 2.70. The fourth-order valence-electron chi connectivity index (χ4n) is 3.39. The minimum atomic E-state index is -3.19. The molecular formula is C14H16BN3O4S. The van der Waals surface area contributed by atoms with Crippen LogP contribution < -0.4 is 9.38 Å². The molecule has 0 aromatic carbocycles. The number of nitrogens with zero attached hydrogens (tertiary/aromatic N) is 1. The van der Waals surface area contributed by atoms with Gasteiger partial charge in [0.25, 0.3) is 0 Å². The number of allylic oxidation sites excluding steroid dienone is 1. The van der Waals surface area contributed by atoms with E-state index in [1.165, 1.54) is 6.26 Å². The van der Waals surface area contributed by atoms with Crippen LogP contribution in [0.25, 0.3) is 16.6 Å². The molecule has 7 nitrogen and oxygen atoms in total. The van der Waals surface area contributed by atoms with Crippen LogP contribution >= 0.6 is 0 Å². The molecule has 0 amide bonds. The van der Waals surface area contributed by atoms with Gasteiger partial charge in [-0.25, -0.2) is 18.1 Å². The summed E-state index contributed by atoms with van der Waals surface area (Å²) in [7, 11) is -4.20. The van der Waals surface area contributed by atoms with Gasteiger partial charge < -0.3 is 14.7 Å². The highest BCUT2D eigenvalue weighted by Gasteiger charge is 2.38. The number of aromatic nitrogens is 2. The molecule has 2 aromatic rings. The predicted molar refractivity (Wildman–Crippen MR) is 87.2 cm³/mol. The normalized spacial score (nSPS) is 23.9. The number of rotatable bonds is 3. The van der Waals surface area contributed by atoms with E-state index in [-0.39, 0.29) is 12.0 Å². The van der Waals surface area contributed by atoms with Gasteiger partial charge in [0.2, 0.25) is 10.0 Å². The lowest BCUT2D eigenvalue weighted by Gasteiger charge is -2.38. The number of hydrogen-bond donors (Lipinski definition) is 3. The molecule has 4 rings (SSSR count). The molecule has 0 unspecified atom stereocenters. The zero-order valence-electron chi connectivity index (χ0n) is 12.5. The fraction of sp³-hybridized carbons (Fsp3) is 0.357. The summed E-state index contributed by atoms with van der Waals surface area (Å²) in [6.07, 6.45) is 6.01. The Labute approximate surface area is 134 Å². The van der Waals surface area contributed by atoms with E-state index in [2.05, 4.69) is 14.7 Å². The Balaban J connectivity index is 1.66. The molecule has 0 atom stereocenters. The quantitative estimate of drug-likeness (QED) is 0.717. The smallest absolute Gasteiger partial charge is 0.531 e. The molecule has 3 heterocycles. The van der Waals surface area contributed by atoms with Crippen molar-refractivity contribution in [3.63, 3.8) is 0 Å². The lowest BCUT2D eigenvalue weighted by Crippen LogP contribution is -2.44. The maximum atomic E-state index is 11.3. The number of H-pyrrole nitrogens is 1. The van der Waals surface area contributed by atoms with E-state index < -0.39 is 17.1 Å². The van der Waals surface area contributed by atoms with E-state index in [0.29, 0.717) is 18.6 Å². The first-order chi connectivity index (χ1) is 10.9. The van der Waals surface area contributed by atoms with E-state index in [0.717, 1.165) is 22.2 Å². The summed E-state index contributed by atoms with van der Waals surface area (Å²) < 4.78 is 30.7. The molecule has 1 aliphatic heterocycles. The Morgan fingerprint density at radius 2 is 2.26 bits per heavy atom. The minimum absolute atomic E-state index is 0.0529. The summed E-state index contributed by atoms with van der Waals surface area (Å²) in [6.45, 7) is 0. The highest BCUT2D eigenvalue weighted by Crippen LogP contribution is 2.45. The first-order valence-electron chi connectivity index (χ1n) is 7.41. The van der Waals surface area contributed by atoms with Crippen LogP contribution in [0.15, 0.2) is 24.4 Å². The predicted octanol–water partition coefficient (Wildman–Crippen LogP) is 0.686. The van der Waals surface area contributed by atoms with Crippen molar-refractivity contribution in [1.82, 2.24) is 14.7 Å². The van der Waals surface area contributed by atoms with Gasteiger partial charge in [-0.15, -0.1) is 0 Å². The summed E-state index contributed by atoms with van der Waals surface area (Å²) in [4.78, 5) is 7.35. The lowest BCUT2D eigenvalue weighted by atomic mass is 9.68. The fourth-order valence-corrected chi connectivity index (χ4v) is 4.19. The van der Waals surface area contributed by atoms with Crippen LogP contribution in [0.5, 0.6) is 5.75 Å². The lowest BCUT2D eigenvalue weighted by molar-refractivity contribution is 0.309. The van der Waals surface area contributed by atoms with Crippen molar-refractivity contribution < 1.29 is 18.1 Å². The Morgan fingerprint density at radius 3 is 3.00 bits per heavy atom. The van der Waals surface area contributed by atoms with Crippen molar-refractivity contribution in [1.29, 1.82) is 0 Å². The molecule has 0 radical (unpaired) electrons. The number of aromatic amines is 1. The number of fused-ring (bicyclic) bond motifs is 3. The number of hydrogen-bond acceptors (Lipinski definition) is 5. The minimum Gasteiger partial charge on any atom is -0.531 e. The summed E-state index contributed by atoms with van der Waals surface area (Å²) >= 11 is 0. The van der Waals surface area contributed by atoms with Crippen LogP contribution in [0.1, 0.15) is 18.4 Å². The number of pyridine rings is 1. The summed E-state index contributed by atoms with van der Waals surface area (Å²) in [5, 5.41) is 10.9. The molecule has 1 aliphatic carbocycles. The van der Waals surface area contributed by atoms with Crippen LogP contribution in [0.4, 0.5) is 0 Å². The number of sulfonamides is 1. The largest absolute Gasteiger partial charge is 0.552 e. The molecular weight excluding hydrogens is 317 g/mol. The molecule has 23 heavy (non-hydrogen) atoms. The third-order valence-corrected chi connectivity index (χ3v) is 5.13. The van der Waals surface area contributed by atoms with Crippen molar-refractivity contribution in [2.45, 2.75) is 18.9 Å².